The molecule has 1 aromatic heterocycles. The zero-order chi connectivity index (χ0) is 43.1. The standard InChI is InChI=1S/C41H39ClN6O9S3/c1-22(49)59-26-21-58-37-30(36(52)48(37)31(26)38(53)56-32(24-17-11-7-12-18-24)25-19-13-8-14-20-25)43-35(51)29(47-55-5)28-33(42)60-39(44-28)46-34(50)27(23-15-9-6-10-16-23)45-40(54)57-41(2,3)4/h6-20,27,30,32,37H,21H2,1-5H3,(H,43,51)(H,45,54)(H,44,46,50)/t27-,30?,37?/m0/s1. The Hall–Kier alpha value is -5.69. The number of β-lactam (4-membered cyclic amide) rings is 1. The second-order valence-electron chi connectivity index (χ2n) is 14.1. The summed E-state index contributed by atoms with van der Waals surface area (Å²) in [5.74, 6) is -2.86. The zero-order valence-corrected chi connectivity index (χ0v) is 36.0. The maximum Gasteiger partial charge on any atom is 0.408 e. The quantitative estimate of drug-likeness (QED) is 0.0566. The van der Waals surface area contributed by atoms with E-state index in [4.69, 9.17) is 25.9 Å². The third kappa shape index (κ3) is 10.4. The van der Waals surface area contributed by atoms with E-state index in [9.17, 15) is 28.8 Å². The van der Waals surface area contributed by atoms with Crippen molar-refractivity contribution in [2.24, 2.45) is 5.16 Å². The van der Waals surface area contributed by atoms with Crippen LogP contribution in [0.3, 0.4) is 0 Å². The van der Waals surface area contributed by atoms with Crippen LogP contribution in [0.5, 0.6) is 0 Å². The Labute approximate surface area is 362 Å². The first-order valence-electron chi connectivity index (χ1n) is 18.3. The van der Waals surface area contributed by atoms with Crippen LogP contribution in [0.4, 0.5) is 9.93 Å². The Morgan fingerprint density at radius 3 is 2.07 bits per heavy atom. The van der Waals surface area contributed by atoms with Crippen LogP contribution in [-0.2, 0) is 38.3 Å². The zero-order valence-electron chi connectivity index (χ0n) is 32.8. The number of nitrogens with zero attached hydrogens (tertiary/aromatic N) is 3. The number of thioether (sulfide) groups is 2. The largest absolute Gasteiger partial charge is 0.448 e. The van der Waals surface area contributed by atoms with Crippen molar-refractivity contribution in [3.63, 3.8) is 0 Å². The van der Waals surface area contributed by atoms with Crippen molar-refractivity contribution in [1.82, 2.24) is 20.5 Å². The molecule has 1 fully saturated rings. The first-order valence-corrected chi connectivity index (χ1v) is 21.3. The monoisotopic (exact) mass is 890 g/mol. The van der Waals surface area contributed by atoms with Crippen LogP contribution in [0.2, 0.25) is 4.34 Å². The molecule has 2 unspecified atom stereocenters. The van der Waals surface area contributed by atoms with E-state index < -0.39 is 64.7 Å². The predicted molar refractivity (Wildman–Crippen MR) is 229 cm³/mol. The molecule has 4 aromatic rings. The van der Waals surface area contributed by atoms with E-state index in [0.29, 0.717) is 21.6 Å². The van der Waals surface area contributed by atoms with Gasteiger partial charge in [-0.2, -0.15) is 0 Å². The second-order valence-corrected chi connectivity index (χ2v) is 18.1. The second kappa shape index (κ2) is 19.1. The summed E-state index contributed by atoms with van der Waals surface area (Å²) in [6, 6.07) is 24.4. The van der Waals surface area contributed by atoms with Crippen molar-refractivity contribution in [2.75, 3.05) is 18.2 Å². The molecule has 3 aromatic carbocycles. The molecule has 0 aliphatic carbocycles. The normalized spacial score (nSPS) is 16.9. The number of hydrogen-bond acceptors (Lipinski definition) is 14. The number of alkyl carbamates (subject to hydrolysis) is 1. The van der Waals surface area contributed by atoms with Gasteiger partial charge >= 0.3 is 12.1 Å². The average molecular weight is 891 g/mol. The molecule has 0 spiro atoms. The average Bonchev–Trinajstić information content (AvgIpc) is 3.58. The lowest BCUT2D eigenvalue weighted by Gasteiger charge is -2.49. The minimum Gasteiger partial charge on any atom is -0.448 e. The number of halogens is 1. The van der Waals surface area contributed by atoms with E-state index in [1.54, 1.807) is 51.1 Å². The number of ether oxygens (including phenoxy) is 2. The van der Waals surface area contributed by atoms with Crippen molar-refractivity contribution in [3.05, 3.63) is 128 Å². The van der Waals surface area contributed by atoms with Crippen LogP contribution in [-0.4, -0.2) is 80.4 Å². The molecule has 0 bridgehead atoms. The van der Waals surface area contributed by atoms with Gasteiger partial charge in [0.1, 0.15) is 45.9 Å². The molecule has 3 heterocycles. The Balaban J connectivity index is 1.20. The molecule has 0 radical (unpaired) electrons. The molecule has 4 amide bonds. The van der Waals surface area contributed by atoms with Crippen LogP contribution < -0.4 is 16.0 Å². The van der Waals surface area contributed by atoms with Crippen molar-refractivity contribution in [2.45, 2.75) is 56.9 Å². The molecular formula is C41H39ClN6O9S3. The fraction of sp³-hybridized carbons (Fsp3) is 0.268. The summed E-state index contributed by atoms with van der Waals surface area (Å²) < 4.78 is 11.4. The predicted octanol–water partition coefficient (Wildman–Crippen LogP) is 6.58. The highest BCUT2D eigenvalue weighted by Crippen LogP contribution is 2.45. The van der Waals surface area contributed by atoms with E-state index in [0.717, 1.165) is 23.1 Å². The number of carbonyl (C=O) groups is 6. The summed E-state index contributed by atoms with van der Waals surface area (Å²) in [6.07, 6.45) is -1.65. The van der Waals surface area contributed by atoms with Crippen LogP contribution in [0.25, 0.3) is 0 Å². The van der Waals surface area contributed by atoms with Gasteiger partial charge in [0.15, 0.2) is 22.1 Å². The minimum atomic E-state index is -1.20. The Morgan fingerprint density at radius 1 is 0.933 bits per heavy atom. The maximum absolute atomic E-state index is 14.1. The van der Waals surface area contributed by atoms with Gasteiger partial charge in [-0.1, -0.05) is 131 Å². The summed E-state index contributed by atoms with van der Waals surface area (Å²) in [5.41, 5.74) is 0.361. The first-order chi connectivity index (χ1) is 28.6. The maximum atomic E-state index is 14.1. The highest BCUT2D eigenvalue weighted by Gasteiger charge is 2.55. The number of aromatic nitrogens is 1. The Kier molecular flexibility index (Phi) is 14.0. The van der Waals surface area contributed by atoms with Gasteiger partial charge < -0.3 is 24.9 Å². The molecule has 2 aliphatic rings. The molecule has 19 heteroatoms. The molecule has 312 valence electrons. The number of carbonyl (C=O) groups excluding carboxylic acids is 6. The van der Waals surface area contributed by atoms with Crippen LogP contribution in [0.15, 0.2) is 107 Å². The first kappa shape index (κ1) is 43.9. The number of amides is 4. The lowest BCUT2D eigenvalue weighted by atomic mass is 10.0. The number of benzene rings is 3. The van der Waals surface area contributed by atoms with E-state index in [2.05, 4.69) is 26.1 Å². The van der Waals surface area contributed by atoms with E-state index in [1.807, 2.05) is 60.7 Å². The summed E-state index contributed by atoms with van der Waals surface area (Å²) >= 11 is 9.45. The van der Waals surface area contributed by atoms with Crippen molar-refractivity contribution in [3.8, 4) is 0 Å². The lowest BCUT2D eigenvalue weighted by molar-refractivity contribution is -0.154. The van der Waals surface area contributed by atoms with Crippen LogP contribution >= 0.6 is 46.5 Å². The third-order valence-electron chi connectivity index (χ3n) is 8.60. The number of rotatable bonds is 13. The number of esters is 1. The molecule has 15 nitrogen and oxygen atoms in total. The summed E-state index contributed by atoms with van der Waals surface area (Å²) in [5, 5.41) is 10.6. The minimum absolute atomic E-state index is 0.0367. The summed E-state index contributed by atoms with van der Waals surface area (Å²) in [6.45, 7) is 6.42. The fourth-order valence-electron chi connectivity index (χ4n) is 6.12. The topological polar surface area (TPSA) is 195 Å². The van der Waals surface area contributed by atoms with Crippen molar-refractivity contribution in [1.29, 1.82) is 0 Å². The fourth-order valence-corrected chi connectivity index (χ4v) is 9.43. The van der Waals surface area contributed by atoms with E-state index >= 15 is 0 Å². The third-order valence-corrected chi connectivity index (χ3v) is 12.1. The van der Waals surface area contributed by atoms with Gasteiger partial charge in [0.25, 0.3) is 17.7 Å². The summed E-state index contributed by atoms with van der Waals surface area (Å²) in [4.78, 5) is 91.4. The SMILES string of the molecule is CON=C(C(=O)NC1C(=O)N2C(C(=O)OC(c3ccccc3)c3ccccc3)=C(SC(C)=O)CSC12)c1nc(NC(=O)[C@@H](NC(=O)OC(C)(C)C)c2ccccc2)sc1Cl. The molecule has 3 atom stereocenters. The lowest BCUT2D eigenvalue weighted by Crippen LogP contribution is -2.71. The van der Waals surface area contributed by atoms with Gasteiger partial charge in [0.2, 0.25) is 0 Å². The molecular weight excluding hydrogens is 852 g/mol. The van der Waals surface area contributed by atoms with Gasteiger partial charge in [0, 0.05) is 17.6 Å². The van der Waals surface area contributed by atoms with Gasteiger partial charge in [-0.3, -0.25) is 29.4 Å². The number of thiazole rings is 1. The van der Waals surface area contributed by atoms with Gasteiger partial charge in [-0.05, 0) is 37.5 Å². The molecule has 6 rings (SSSR count). The number of anilines is 1. The molecule has 1 saturated heterocycles. The van der Waals surface area contributed by atoms with Crippen molar-refractivity contribution < 1.29 is 43.1 Å². The summed E-state index contributed by atoms with van der Waals surface area (Å²) in [7, 11) is 1.20. The van der Waals surface area contributed by atoms with Crippen molar-refractivity contribution >= 4 is 92.2 Å². The van der Waals surface area contributed by atoms with Gasteiger partial charge in [-0.15, -0.1) is 11.8 Å². The smallest absolute Gasteiger partial charge is 0.408 e. The molecule has 60 heavy (non-hydrogen) atoms. The van der Waals surface area contributed by atoms with Gasteiger partial charge in [0.05, 0.1) is 0 Å². The van der Waals surface area contributed by atoms with Gasteiger partial charge in [-0.25, -0.2) is 14.6 Å². The molecule has 2 aliphatic heterocycles. The number of oxime groups is 1. The Morgan fingerprint density at radius 2 is 1.52 bits per heavy atom. The van der Waals surface area contributed by atoms with E-state index in [1.165, 1.54) is 30.7 Å². The number of nitrogens with one attached hydrogen (secondary N) is 3. The van der Waals surface area contributed by atoms with Crippen LogP contribution in [0.1, 0.15) is 62.2 Å². The van der Waals surface area contributed by atoms with Crippen LogP contribution in [0, 0.1) is 0 Å². The number of fused-ring (bicyclic) bond motifs is 1. The highest BCUT2D eigenvalue weighted by atomic mass is 35.5. The molecule has 3 N–H and O–H groups in total. The number of hydrogen-bond donors (Lipinski definition) is 3. The highest BCUT2D eigenvalue weighted by molar-refractivity contribution is 8.17. The Bertz CT molecular complexity index is 2300. The molecule has 0 saturated carbocycles. The van der Waals surface area contributed by atoms with E-state index in [-0.39, 0.29) is 31.7 Å².